The summed E-state index contributed by atoms with van der Waals surface area (Å²) in [4.78, 5) is 25.1. The highest BCUT2D eigenvalue weighted by Crippen LogP contribution is 2.68. The van der Waals surface area contributed by atoms with E-state index in [1.54, 1.807) is 0 Å². The molecule has 1 amide bonds. The van der Waals surface area contributed by atoms with Gasteiger partial charge in [-0.3, -0.25) is 4.79 Å². The van der Waals surface area contributed by atoms with Crippen molar-refractivity contribution in [3.05, 3.63) is 0 Å². The molecular weight excluding hydrogens is 677 g/mol. The van der Waals surface area contributed by atoms with Crippen LogP contribution in [0.3, 0.4) is 0 Å². The zero-order valence-electron chi connectivity index (χ0n) is 35.2. The number of carbonyl (C=O) groups is 2. The van der Waals surface area contributed by atoms with E-state index in [9.17, 15) is 30.0 Å². The summed E-state index contributed by atoms with van der Waals surface area (Å²) < 4.78 is 0. The SMILES string of the molecule is CCCCCCCCCCCCCCCCNCCCC[C@H](NC(=O)CC[C@@H](C)[C@H]1CC[C@H]2[C@@H]3[C@H](O)C[C@@H]4C[C@H](O)CC[C@]4(C)[C@H]3C[C@H](O)[C@]12C)C(=O)O. The molecule has 4 aliphatic carbocycles. The van der Waals surface area contributed by atoms with E-state index in [-0.39, 0.29) is 58.9 Å². The summed E-state index contributed by atoms with van der Waals surface area (Å²) in [5.74, 6) is 0.290. The number of unbranched alkanes of at least 4 members (excludes halogenated alkanes) is 14. The maximum atomic E-state index is 13.0. The van der Waals surface area contributed by atoms with Gasteiger partial charge in [-0.15, -0.1) is 0 Å². The molecule has 0 spiro atoms. The molecule has 4 rings (SSSR count). The van der Waals surface area contributed by atoms with Crippen LogP contribution in [-0.2, 0) is 9.59 Å². The van der Waals surface area contributed by atoms with Crippen LogP contribution in [0, 0.1) is 46.3 Å². The normalized spacial score (nSPS) is 34.4. The van der Waals surface area contributed by atoms with E-state index in [2.05, 4.69) is 38.3 Å². The van der Waals surface area contributed by atoms with Crippen LogP contribution in [0.5, 0.6) is 0 Å². The minimum atomic E-state index is -0.966. The Kier molecular flexibility index (Phi) is 19.1. The molecule has 0 saturated heterocycles. The summed E-state index contributed by atoms with van der Waals surface area (Å²) in [7, 11) is 0. The van der Waals surface area contributed by atoms with E-state index in [1.165, 1.54) is 89.9 Å². The Hall–Kier alpha value is -1.22. The van der Waals surface area contributed by atoms with Gasteiger partial charge in [-0.05, 0) is 136 Å². The van der Waals surface area contributed by atoms with Gasteiger partial charge in [-0.25, -0.2) is 4.79 Å². The van der Waals surface area contributed by atoms with E-state index in [0.29, 0.717) is 25.2 Å². The van der Waals surface area contributed by atoms with Gasteiger partial charge in [0.2, 0.25) is 5.91 Å². The summed E-state index contributed by atoms with van der Waals surface area (Å²) in [5, 5.41) is 50.0. The van der Waals surface area contributed by atoms with Crippen molar-refractivity contribution in [2.24, 2.45) is 46.3 Å². The van der Waals surface area contributed by atoms with Gasteiger partial charge in [-0.2, -0.15) is 0 Å². The Bertz CT molecular complexity index is 1110. The van der Waals surface area contributed by atoms with Crippen LogP contribution in [0.1, 0.15) is 195 Å². The maximum Gasteiger partial charge on any atom is 0.326 e. The smallest absolute Gasteiger partial charge is 0.326 e. The molecule has 0 aliphatic heterocycles. The third-order valence-electron chi connectivity index (χ3n) is 15.8. The Morgan fingerprint density at radius 3 is 1.93 bits per heavy atom. The Labute approximate surface area is 330 Å². The standard InChI is InChI=1S/C46H84N2O6/c1-5-6-7-8-9-10-11-12-13-14-15-16-17-19-28-47-29-20-18-21-39(44(53)54)48-42(52)25-22-33(2)36-23-24-37-43-38(32-41(51)46(36,37)4)45(3)27-26-35(49)30-34(45)31-40(43)50/h33-41,43,47,49-51H,5-32H2,1-4H3,(H,48,52)(H,53,54)/t33-,34+,35-,36-,37+,38+,39+,40-,41+,43+,45+,46-/m1/s1. The molecule has 54 heavy (non-hydrogen) atoms. The van der Waals surface area contributed by atoms with Gasteiger partial charge in [0.25, 0.3) is 0 Å². The van der Waals surface area contributed by atoms with Gasteiger partial charge >= 0.3 is 5.97 Å². The fourth-order valence-electron chi connectivity index (χ4n) is 12.4. The molecule has 0 radical (unpaired) electrons. The minimum Gasteiger partial charge on any atom is -0.480 e. The lowest BCUT2D eigenvalue weighted by atomic mass is 9.43. The molecule has 0 aromatic carbocycles. The lowest BCUT2D eigenvalue weighted by molar-refractivity contribution is -0.207. The molecule has 0 unspecified atom stereocenters. The van der Waals surface area contributed by atoms with Crippen molar-refractivity contribution in [3.8, 4) is 0 Å². The van der Waals surface area contributed by atoms with Gasteiger partial charge in [0.15, 0.2) is 0 Å². The summed E-state index contributed by atoms with van der Waals surface area (Å²) in [6.07, 6.45) is 27.0. The number of aliphatic hydroxyl groups excluding tert-OH is 3. The van der Waals surface area contributed by atoms with Crippen molar-refractivity contribution < 1.29 is 30.0 Å². The number of nitrogens with one attached hydrogen (secondary N) is 2. The van der Waals surface area contributed by atoms with Gasteiger partial charge < -0.3 is 31.1 Å². The topological polar surface area (TPSA) is 139 Å². The van der Waals surface area contributed by atoms with Crippen molar-refractivity contribution in [3.63, 3.8) is 0 Å². The van der Waals surface area contributed by atoms with Crippen LogP contribution in [0.2, 0.25) is 0 Å². The Morgan fingerprint density at radius 2 is 1.31 bits per heavy atom. The number of carbonyl (C=O) groups excluding carboxylic acids is 1. The van der Waals surface area contributed by atoms with Crippen LogP contribution in [0.25, 0.3) is 0 Å². The average Bonchev–Trinajstić information content (AvgIpc) is 3.50. The first-order valence-electron chi connectivity index (χ1n) is 23.2. The second-order valence-corrected chi connectivity index (χ2v) is 19.3. The highest BCUT2D eigenvalue weighted by Gasteiger charge is 2.65. The molecule has 12 atom stereocenters. The van der Waals surface area contributed by atoms with Crippen LogP contribution in [-0.4, -0.2) is 69.7 Å². The summed E-state index contributed by atoms with van der Waals surface area (Å²) in [6.45, 7) is 11.0. The molecule has 4 saturated carbocycles. The second-order valence-electron chi connectivity index (χ2n) is 19.3. The quantitative estimate of drug-likeness (QED) is 0.0484. The number of aliphatic carboxylic acids is 1. The third-order valence-corrected chi connectivity index (χ3v) is 15.8. The molecule has 0 heterocycles. The van der Waals surface area contributed by atoms with E-state index in [0.717, 1.165) is 64.5 Å². The fourth-order valence-corrected chi connectivity index (χ4v) is 12.4. The number of carboxylic acid groups (broad SMARTS) is 1. The summed E-state index contributed by atoms with van der Waals surface area (Å²) in [6, 6.07) is -0.858. The van der Waals surface area contributed by atoms with Crippen molar-refractivity contribution in [2.45, 2.75) is 219 Å². The molecule has 314 valence electrons. The lowest BCUT2D eigenvalue weighted by Crippen LogP contribution is -2.62. The van der Waals surface area contributed by atoms with Crippen molar-refractivity contribution in [1.29, 1.82) is 0 Å². The Morgan fingerprint density at radius 1 is 0.722 bits per heavy atom. The van der Waals surface area contributed by atoms with Gasteiger partial charge in [0, 0.05) is 6.42 Å². The largest absolute Gasteiger partial charge is 0.480 e. The molecule has 0 aromatic heterocycles. The molecule has 8 heteroatoms. The average molecular weight is 761 g/mol. The Balaban J connectivity index is 1.07. The number of hydrogen-bond donors (Lipinski definition) is 6. The fraction of sp³-hybridized carbons (Fsp3) is 0.957. The third kappa shape index (κ3) is 12.1. The van der Waals surface area contributed by atoms with E-state index >= 15 is 0 Å². The number of amides is 1. The first-order chi connectivity index (χ1) is 25.9. The summed E-state index contributed by atoms with van der Waals surface area (Å²) in [5.41, 5.74) is -0.255. The summed E-state index contributed by atoms with van der Waals surface area (Å²) >= 11 is 0. The highest BCUT2D eigenvalue weighted by molar-refractivity contribution is 5.83. The number of carboxylic acids is 1. The van der Waals surface area contributed by atoms with Crippen LogP contribution >= 0.6 is 0 Å². The molecule has 0 aromatic rings. The van der Waals surface area contributed by atoms with E-state index in [4.69, 9.17) is 0 Å². The first kappa shape index (κ1) is 45.5. The van der Waals surface area contributed by atoms with E-state index in [1.807, 2.05) is 0 Å². The van der Waals surface area contributed by atoms with Crippen molar-refractivity contribution in [1.82, 2.24) is 10.6 Å². The van der Waals surface area contributed by atoms with Crippen LogP contribution in [0.15, 0.2) is 0 Å². The number of hydrogen-bond acceptors (Lipinski definition) is 6. The predicted molar refractivity (Wildman–Crippen MR) is 219 cm³/mol. The minimum absolute atomic E-state index is 0.0515. The molecule has 6 N–H and O–H groups in total. The van der Waals surface area contributed by atoms with Gasteiger partial charge in [0.05, 0.1) is 18.3 Å². The number of fused-ring (bicyclic) bond motifs is 5. The lowest BCUT2D eigenvalue weighted by Gasteiger charge is -2.63. The molecule has 8 nitrogen and oxygen atoms in total. The van der Waals surface area contributed by atoms with Crippen LogP contribution < -0.4 is 10.6 Å². The molecule has 4 aliphatic rings. The predicted octanol–water partition coefficient (Wildman–Crippen LogP) is 9.17. The highest BCUT2D eigenvalue weighted by atomic mass is 16.4. The zero-order chi connectivity index (χ0) is 39.1. The number of aliphatic hydroxyl groups is 3. The number of rotatable bonds is 26. The first-order valence-corrected chi connectivity index (χ1v) is 23.2. The molecule has 0 bridgehead atoms. The van der Waals surface area contributed by atoms with Gasteiger partial charge in [-0.1, -0.05) is 111 Å². The zero-order valence-corrected chi connectivity index (χ0v) is 35.2. The molecule has 4 fully saturated rings. The van der Waals surface area contributed by atoms with Gasteiger partial charge in [0.1, 0.15) is 6.04 Å². The van der Waals surface area contributed by atoms with Crippen molar-refractivity contribution >= 4 is 11.9 Å². The van der Waals surface area contributed by atoms with E-state index < -0.39 is 24.2 Å². The molecular formula is C46H84N2O6. The van der Waals surface area contributed by atoms with Crippen LogP contribution in [0.4, 0.5) is 0 Å². The van der Waals surface area contributed by atoms with Crippen molar-refractivity contribution in [2.75, 3.05) is 13.1 Å². The monoisotopic (exact) mass is 761 g/mol. The second kappa shape index (κ2) is 22.6. The maximum absolute atomic E-state index is 13.0.